The van der Waals surface area contributed by atoms with E-state index in [2.05, 4.69) is 15.3 Å². The number of nitrogens with one attached hydrogen (secondary N) is 2. The number of Topliss-reactive ketones (excluding diaryl/α,β-unsaturated/α-hetero) is 1. The van der Waals surface area contributed by atoms with Crippen molar-refractivity contribution in [1.29, 1.82) is 0 Å². The Bertz CT molecular complexity index is 1050. The van der Waals surface area contributed by atoms with Crippen molar-refractivity contribution >= 4 is 23.6 Å². The van der Waals surface area contributed by atoms with E-state index in [1.54, 1.807) is 18.5 Å². The lowest BCUT2D eigenvalue weighted by atomic mass is 10.0. The lowest BCUT2D eigenvalue weighted by Crippen LogP contribution is -2.58. The van der Waals surface area contributed by atoms with Crippen LogP contribution in [0.15, 0.2) is 30.6 Å². The third-order valence-corrected chi connectivity index (χ3v) is 6.05. The van der Waals surface area contributed by atoms with Crippen molar-refractivity contribution in [1.82, 2.24) is 25.1 Å². The van der Waals surface area contributed by atoms with Gasteiger partial charge in [0.15, 0.2) is 12.4 Å². The summed E-state index contributed by atoms with van der Waals surface area (Å²) in [6.07, 6.45) is 5.30. The minimum atomic E-state index is -1.12. The number of aromatic amines is 1. The average molecular weight is 469 g/mol. The van der Waals surface area contributed by atoms with E-state index < -0.39 is 12.6 Å². The van der Waals surface area contributed by atoms with Crippen molar-refractivity contribution in [2.75, 3.05) is 39.3 Å². The number of ether oxygens (including phenoxy) is 1. The minimum absolute atomic E-state index is 0.120. The van der Waals surface area contributed by atoms with E-state index in [0.717, 1.165) is 30.8 Å². The Morgan fingerprint density at radius 1 is 1.15 bits per heavy atom. The molecule has 2 aromatic rings. The summed E-state index contributed by atoms with van der Waals surface area (Å²) in [6.45, 7) is 1.09. The van der Waals surface area contributed by atoms with Crippen LogP contribution in [-0.4, -0.2) is 93.8 Å². The van der Waals surface area contributed by atoms with E-state index in [-0.39, 0.29) is 49.7 Å². The Balaban J connectivity index is 1.46. The zero-order valence-electron chi connectivity index (χ0n) is 18.7. The van der Waals surface area contributed by atoms with Crippen molar-refractivity contribution in [3.63, 3.8) is 0 Å². The number of carbonyl (C=O) groups is 4. The van der Waals surface area contributed by atoms with Crippen LogP contribution in [-0.2, 0) is 20.8 Å². The van der Waals surface area contributed by atoms with E-state index in [4.69, 9.17) is 9.84 Å². The van der Waals surface area contributed by atoms with E-state index in [1.807, 2.05) is 4.90 Å². The fraction of sp³-hybridized carbons (Fsp3) is 0.435. The number of hydrogen-bond donors (Lipinski definition) is 3. The van der Waals surface area contributed by atoms with Crippen molar-refractivity contribution in [3.05, 3.63) is 47.5 Å². The molecule has 2 amide bonds. The van der Waals surface area contributed by atoms with Crippen LogP contribution in [0, 0.1) is 0 Å². The van der Waals surface area contributed by atoms with E-state index in [9.17, 15) is 19.2 Å². The number of hydrogen-bond acceptors (Lipinski definition) is 8. The number of imide groups is 1. The van der Waals surface area contributed by atoms with Crippen LogP contribution in [0.2, 0.25) is 0 Å². The molecule has 0 spiro atoms. The maximum Gasteiger partial charge on any atom is 0.341 e. The summed E-state index contributed by atoms with van der Waals surface area (Å²) in [4.78, 5) is 59.4. The number of aromatic nitrogens is 2. The Labute approximate surface area is 196 Å². The molecule has 0 radical (unpaired) electrons. The smallest absolute Gasteiger partial charge is 0.341 e. The molecule has 0 aliphatic carbocycles. The normalized spacial score (nSPS) is 17.7. The molecule has 0 atom stereocenters. The van der Waals surface area contributed by atoms with Gasteiger partial charge in [0, 0.05) is 36.0 Å². The van der Waals surface area contributed by atoms with E-state index in [0.29, 0.717) is 22.7 Å². The Morgan fingerprint density at radius 3 is 2.53 bits per heavy atom. The highest BCUT2D eigenvalue weighted by atomic mass is 16.5. The second kappa shape index (κ2) is 10.6. The molecule has 3 N–H and O–H groups in total. The van der Waals surface area contributed by atoms with Gasteiger partial charge in [-0.3, -0.25) is 24.2 Å². The summed E-state index contributed by atoms with van der Waals surface area (Å²) < 4.78 is 5.35. The predicted molar refractivity (Wildman–Crippen MR) is 119 cm³/mol. The quantitative estimate of drug-likeness (QED) is 0.343. The topological polar surface area (TPSA) is 145 Å². The molecule has 34 heavy (non-hydrogen) atoms. The van der Waals surface area contributed by atoms with Crippen molar-refractivity contribution < 1.29 is 29.0 Å². The maximum absolute atomic E-state index is 13.0. The standard InChI is InChI=1S/C23H27N5O6/c29-18(11-28-21(30)12-27(13-22(28)31)17-3-5-24-6-4-17)15-1-2-19(34-14-23(32)33)16(9-15)10-20-25-7-8-26-20/h1-2,7-9,17,24H,3-6,10-14H2,(H,25,26)(H,32,33). The molecule has 11 nitrogen and oxygen atoms in total. The van der Waals surface area contributed by atoms with Gasteiger partial charge >= 0.3 is 5.97 Å². The maximum atomic E-state index is 13.0. The molecule has 11 heteroatoms. The SMILES string of the molecule is O=C(O)COc1ccc(C(=O)CN2C(=O)CN(C3CCNCC3)CC2=O)cc1Cc1ncc[nH]1. The van der Waals surface area contributed by atoms with E-state index >= 15 is 0 Å². The van der Waals surface area contributed by atoms with Gasteiger partial charge in [-0.05, 0) is 44.1 Å². The third kappa shape index (κ3) is 5.67. The number of rotatable bonds is 9. The number of amides is 2. The number of carboxylic acid groups (broad SMARTS) is 1. The number of carboxylic acids is 1. The second-order valence-corrected chi connectivity index (χ2v) is 8.40. The molecule has 3 heterocycles. The Morgan fingerprint density at radius 2 is 1.88 bits per heavy atom. The van der Waals surface area contributed by atoms with Crippen molar-refractivity contribution in [2.24, 2.45) is 0 Å². The van der Waals surface area contributed by atoms with Gasteiger partial charge in [0.2, 0.25) is 11.8 Å². The molecule has 1 aromatic heterocycles. The Hall–Kier alpha value is -3.57. The number of ketones is 1. The molecule has 0 bridgehead atoms. The molecule has 2 saturated heterocycles. The fourth-order valence-electron chi connectivity index (χ4n) is 4.30. The summed E-state index contributed by atoms with van der Waals surface area (Å²) in [5.74, 6) is -1.32. The number of H-pyrrole nitrogens is 1. The molecule has 4 rings (SSSR count). The first-order chi connectivity index (χ1) is 16.4. The van der Waals surface area contributed by atoms with Crippen molar-refractivity contribution in [3.8, 4) is 5.75 Å². The average Bonchev–Trinajstić information content (AvgIpc) is 3.34. The molecule has 0 unspecified atom stereocenters. The lowest BCUT2D eigenvalue weighted by molar-refractivity contribution is -0.152. The van der Waals surface area contributed by atoms with E-state index in [1.165, 1.54) is 12.1 Å². The van der Waals surface area contributed by atoms with Crippen LogP contribution in [0.25, 0.3) is 0 Å². The first kappa shape index (κ1) is 23.6. The minimum Gasteiger partial charge on any atom is -0.482 e. The molecular formula is C23H27N5O6. The highest BCUT2D eigenvalue weighted by molar-refractivity contribution is 6.06. The van der Waals surface area contributed by atoms with Gasteiger partial charge in [0.1, 0.15) is 11.6 Å². The van der Waals surface area contributed by atoms with Gasteiger partial charge in [-0.2, -0.15) is 0 Å². The third-order valence-electron chi connectivity index (χ3n) is 6.05. The number of carbonyl (C=O) groups excluding carboxylic acids is 3. The molecule has 2 fully saturated rings. The van der Waals surface area contributed by atoms with Crippen LogP contribution < -0.4 is 10.1 Å². The first-order valence-electron chi connectivity index (χ1n) is 11.2. The lowest BCUT2D eigenvalue weighted by Gasteiger charge is -2.38. The highest BCUT2D eigenvalue weighted by Crippen LogP contribution is 2.24. The number of benzene rings is 1. The fourth-order valence-corrected chi connectivity index (χ4v) is 4.30. The van der Waals surface area contributed by atoms with Gasteiger partial charge in [-0.1, -0.05) is 0 Å². The number of piperazine rings is 1. The first-order valence-corrected chi connectivity index (χ1v) is 11.2. The highest BCUT2D eigenvalue weighted by Gasteiger charge is 2.35. The molecule has 2 aliphatic rings. The number of nitrogens with zero attached hydrogens (tertiary/aromatic N) is 3. The zero-order valence-corrected chi connectivity index (χ0v) is 18.7. The number of piperidine rings is 1. The Kier molecular flexibility index (Phi) is 7.33. The summed E-state index contributed by atoms with van der Waals surface area (Å²) in [5, 5.41) is 12.2. The van der Waals surface area contributed by atoms with Crippen LogP contribution in [0.4, 0.5) is 0 Å². The van der Waals surface area contributed by atoms with Gasteiger partial charge in [-0.25, -0.2) is 9.78 Å². The molecule has 2 aliphatic heterocycles. The molecule has 0 saturated carbocycles. The monoisotopic (exact) mass is 469 g/mol. The number of aliphatic carboxylic acids is 1. The van der Waals surface area contributed by atoms with Gasteiger partial charge in [-0.15, -0.1) is 0 Å². The summed E-state index contributed by atoms with van der Waals surface area (Å²) in [5.41, 5.74) is 0.862. The number of imidazole rings is 1. The van der Waals surface area contributed by atoms with Crippen LogP contribution >= 0.6 is 0 Å². The zero-order chi connectivity index (χ0) is 24.1. The van der Waals surface area contributed by atoms with Gasteiger partial charge in [0.05, 0.1) is 19.6 Å². The van der Waals surface area contributed by atoms with Crippen molar-refractivity contribution in [2.45, 2.75) is 25.3 Å². The molecular weight excluding hydrogens is 442 g/mol. The second-order valence-electron chi connectivity index (χ2n) is 8.40. The molecule has 1 aromatic carbocycles. The van der Waals surface area contributed by atoms with Crippen LogP contribution in [0.3, 0.4) is 0 Å². The summed E-state index contributed by atoms with van der Waals surface area (Å²) >= 11 is 0. The summed E-state index contributed by atoms with van der Waals surface area (Å²) in [6, 6.07) is 4.80. The van der Waals surface area contributed by atoms with Gasteiger partial charge < -0.3 is 20.1 Å². The molecule has 180 valence electrons. The largest absolute Gasteiger partial charge is 0.482 e. The predicted octanol–water partition coefficient (Wildman–Crippen LogP) is 0.0694. The summed E-state index contributed by atoms with van der Waals surface area (Å²) in [7, 11) is 0. The van der Waals surface area contributed by atoms with Gasteiger partial charge in [0.25, 0.3) is 0 Å². The van der Waals surface area contributed by atoms with Crippen LogP contribution in [0.1, 0.15) is 34.6 Å². The van der Waals surface area contributed by atoms with Crippen LogP contribution in [0.5, 0.6) is 5.75 Å².